The highest BCUT2D eigenvalue weighted by molar-refractivity contribution is 7.91. The number of hydrogen-bond donors (Lipinski definition) is 2. The smallest absolute Gasteiger partial charge is 0.240 e. The third kappa shape index (κ3) is 3.50. The summed E-state index contributed by atoms with van der Waals surface area (Å²) in [4.78, 5) is 24.8. The van der Waals surface area contributed by atoms with Crippen molar-refractivity contribution in [1.29, 1.82) is 0 Å². The molecule has 124 valence electrons. The zero-order valence-electron chi connectivity index (χ0n) is 12.3. The van der Waals surface area contributed by atoms with Crippen LogP contribution in [0.25, 0.3) is 0 Å². The molecule has 1 heterocycles. The van der Waals surface area contributed by atoms with E-state index in [1.807, 2.05) is 0 Å². The molecule has 0 bridgehead atoms. The van der Waals surface area contributed by atoms with Crippen LogP contribution >= 0.6 is 11.6 Å². The van der Waals surface area contributed by atoms with Crippen molar-refractivity contribution in [3.05, 3.63) is 29.3 Å². The van der Waals surface area contributed by atoms with E-state index in [0.717, 1.165) is 0 Å². The van der Waals surface area contributed by atoms with Crippen molar-refractivity contribution in [2.45, 2.75) is 25.3 Å². The van der Waals surface area contributed by atoms with E-state index in [1.165, 1.54) is 0 Å². The number of benzene rings is 1. The van der Waals surface area contributed by atoms with Gasteiger partial charge >= 0.3 is 0 Å². The number of sulfone groups is 1. The van der Waals surface area contributed by atoms with Crippen molar-refractivity contribution in [3.8, 4) is 0 Å². The topological polar surface area (TPSA) is 92.3 Å². The molecule has 23 heavy (non-hydrogen) atoms. The van der Waals surface area contributed by atoms with Gasteiger partial charge in [-0.15, -0.1) is 0 Å². The summed E-state index contributed by atoms with van der Waals surface area (Å²) in [6.45, 7) is 0. The van der Waals surface area contributed by atoms with Gasteiger partial charge in [0.05, 0.1) is 11.5 Å². The minimum absolute atomic E-state index is 0.0480. The number of anilines is 1. The zero-order chi connectivity index (χ0) is 16.7. The molecule has 0 radical (unpaired) electrons. The summed E-state index contributed by atoms with van der Waals surface area (Å²) in [5.74, 6) is -0.709. The highest BCUT2D eigenvalue weighted by atomic mass is 35.5. The van der Waals surface area contributed by atoms with Gasteiger partial charge in [0.15, 0.2) is 9.84 Å². The Morgan fingerprint density at radius 3 is 2.30 bits per heavy atom. The van der Waals surface area contributed by atoms with E-state index < -0.39 is 21.3 Å². The zero-order valence-corrected chi connectivity index (χ0v) is 13.9. The Morgan fingerprint density at radius 1 is 1.13 bits per heavy atom. The summed E-state index contributed by atoms with van der Waals surface area (Å²) in [6.07, 6.45) is 1.35. The van der Waals surface area contributed by atoms with Crippen LogP contribution in [0.1, 0.15) is 19.3 Å². The first-order valence-electron chi connectivity index (χ1n) is 7.39. The van der Waals surface area contributed by atoms with E-state index in [1.54, 1.807) is 24.3 Å². The summed E-state index contributed by atoms with van der Waals surface area (Å²) in [7, 11) is -3.07. The number of halogens is 1. The number of nitrogens with one attached hydrogen (secondary N) is 2. The molecule has 2 N–H and O–H groups in total. The fourth-order valence-electron chi connectivity index (χ4n) is 2.70. The lowest BCUT2D eigenvalue weighted by molar-refractivity contribution is -0.134. The molecule has 3 rings (SSSR count). The summed E-state index contributed by atoms with van der Waals surface area (Å²) >= 11 is 5.79. The first-order chi connectivity index (χ1) is 10.8. The molecule has 1 saturated heterocycles. The molecule has 8 heteroatoms. The SMILES string of the molecule is O=C(Nc1ccc(Cl)cc1)C1(C(=O)NC2CCS(=O)(=O)C2)CC1. The van der Waals surface area contributed by atoms with Gasteiger partial charge in [-0.3, -0.25) is 9.59 Å². The van der Waals surface area contributed by atoms with Crippen molar-refractivity contribution in [2.24, 2.45) is 5.41 Å². The van der Waals surface area contributed by atoms with E-state index in [-0.39, 0.29) is 23.3 Å². The Balaban J connectivity index is 1.63. The first kappa shape index (κ1) is 16.3. The average Bonchev–Trinajstić information content (AvgIpc) is 3.23. The van der Waals surface area contributed by atoms with Gasteiger partial charge in [0.1, 0.15) is 5.41 Å². The molecule has 0 aromatic heterocycles. The van der Waals surface area contributed by atoms with E-state index in [4.69, 9.17) is 11.6 Å². The number of rotatable bonds is 4. The number of carbonyl (C=O) groups is 2. The standard InChI is InChI=1S/C15H17ClN2O4S/c16-10-1-3-11(4-2-10)17-13(19)15(6-7-15)14(20)18-12-5-8-23(21,22)9-12/h1-4,12H,5-9H2,(H,17,19)(H,18,20). The molecular weight excluding hydrogens is 340 g/mol. The maximum atomic E-state index is 12.4. The van der Waals surface area contributed by atoms with Crippen LogP contribution in [-0.2, 0) is 19.4 Å². The lowest BCUT2D eigenvalue weighted by atomic mass is 10.0. The first-order valence-corrected chi connectivity index (χ1v) is 9.59. The van der Waals surface area contributed by atoms with E-state index >= 15 is 0 Å². The van der Waals surface area contributed by atoms with Gasteiger partial charge in [-0.25, -0.2) is 8.42 Å². The number of hydrogen-bond acceptors (Lipinski definition) is 4. The molecule has 2 amide bonds. The Labute approximate surface area is 139 Å². The second kappa shape index (κ2) is 5.79. The second-order valence-corrected chi connectivity index (χ2v) is 8.78. The van der Waals surface area contributed by atoms with Gasteiger partial charge in [-0.1, -0.05) is 11.6 Å². The van der Waals surface area contributed by atoms with Gasteiger partial charge in [-0.2, -0.15) is 0 Å². The molecule has 1 aliphatic carbocycles. The molecule has 1 unspecified atom stereocenters. The number of carbonyl (C=O) groups excluding carboxylic acids is 2. The van der Waals surface area contributed by atoms with Crippen LogP contribution in [0.2, 0.25) is 5.02 Å². The largest absolute Gasteiger partial charge is 0.351 e. The van der Waals surface area contributed by atoms with E-state index in [0.29, 0.717) is 30.0 Å². The molecule has 1 aliphatic heterocycles. The van der Waals surface area contributed by atoms with Gasteiger partial charge in [0.25, 0.3) is 0 Å². The van der Waals surface area contributed by atoms with Crippen molar-refractivity contribution in [1.82, 2.24) is 5.32 Å². The van der Waals surface area contributed by atoms with Crippen molar-refractivity contribution >= 4 is 38.9 Å². The van der Waals surface area contributed by atoms with Crippen LogP contribution in [-0.4, -0.2) is 37.8 Å². The molecule has 0 spiro atoms. The van der Waals surface area contributed by atoms with Gasteiger partial charge in [-0.05, 0) is 43.5 Å². The van der Waals surface area contributed by atoms with Crippen LogP contribution in [0, 0.1) is 5.41 Å². The summed E-state index contributed by atoms with van der Waals surface area (Å²) < 4.78 is 22.9. The Hall–Kier alpha value is -1.60. The van der Waals surface area contributed by atoms with E-state index in [9.17, 15) is 18.0 Å². The summed E-state index contributed by atoms with van der Waals surface area (Å²) in [5.41, 5.74) is -0.506. The van der Waals surface area contributed by atoms with Crippen LogP contribution in [0.15, 0.2) is 24.3 Å². The molecule has 1 aromatic carbocycles. The van der Waals surface area contributed by atoms with Crippen LogP contribution in [0.3, 0.4) is 0 Å². The minimum Gasteiger partial charge on any atom is -0.351 e. The summed E-state index contributed by atoms with van der Waals surface area (Å²) in [5, 5.41) is 5.99. The number of amides is 2. The molecule has 1 atom stereocenters. The van der Waals surface area contributed by atoms with Gasteiger partial charge < -0.3 is 10.6 Å². The minimum atomic E-state index is -3.07. The van der Waals surface area contributed by atoms with Crippen LogP contribution in [0.5, 0.6) is 0 Å². The van der Waals surface area contributed by atoms with Gasteiger partial charge in [0, 0.05) is 16.8 Å². The van der Waals surface area contributed by atoms with Crippen molar-refractivity contribution < 1.29 is 18.0 Å². The molecule has 2 aliphatic rings. The molecular formula is C15H17ClN2O4S. The van der Waals surface area contributed by atoms with Crippen molar-refractivity contribution in [3.63, 3.8) is 0 Å². The Kier molecular flexibility index (Phi) is 4.10. The molecule has 1 saturated carbocycles. The Morgan fingerprint density at radius 2 is 1.78 bits per heavy atom. The maximum Gasteiger partial charge on any atom is 0.240 e. The molecule has 2 fully saturated rings. The van der Waals surface area contributed by atoms with Crippen LogP contribution < -0.4 is 10.6 Å². The Bertz CT molecular complexity index is 741. The predicted molar refractivity (Wildman–Crippen MR) is 87.0 cm³/mol. The lowest BCUT2D eigenvalue weighted by Crippen LogP contribution is -2.45. The lowest BCUT2D eigenvalue weighted by Gasteiger charge is -2.18. The summed E-state index contributed by atoms with van der Waals surface area (Å²) in [6, 6.07) is 6.24. The van der Waals surface area contributed by atoms with E-state index in [2.05, 4.69) is 10.6 Å². The van der Waals surface area contributed by atoms with Crippen molar-refractivity contribution in [2.75, 3.05) is 16.8 Å². The quantitative estimate of drug-likeness (QED) is 0.797. The average molecular weight is 357 g/mol. The molecule has 6 nitrogen and oxygen atoms in total. The van der Waals surface area contributed by atoms with Crippen LogP contribution in [0.4, 0.5) is 5.69 Å². The fourth-order valence-corrected chi connectivity index (χ4v) is 4.50. The highest BCUT2D eigenvalue weighted by Gasteiger charge is 2.57. The third-order valence-corrected chi connectivity index (χ3v) is 6.31. The second-order valence-electron chi connectivity index (χ2n) is 6.12. The normalized spacial score (nSPS) is 24.0. The monoisotopic (exact) mass is 356 g/mol. The highest BCUT2D eigenvalue weighted by Crippen LogP contribution is 2.47. The maximum absolute atomic E-state index is 12.4. The predicted octanol–water partition coefficient (Wildman–Crippen LogP) is 1.36. The molecule has 1 aromatic rings. The van der Waals surface area contributed by atoms with Gasteiger partial charge in [0.2, 0.25) is 11.8 Å². The fraction of sp³-hybridized carbons (Fsp3) is 0.467. The third-order valence-electron chi connectivity index (χ3n) is 4.29.